The molecule has 1 aliphatic heterocycles. The lowest BCUT2D eigenvalue weighted by atomic mass is 10.1. The van der Waals surface area contributed by atoms with E-state index in [0.29, 0.717) is 23.6 Å². The van der Waals surface area contributed by atoms with Gasteiger partial charge in [-0.3, -0.25) is 4.72 Å². The molecule has 5 nitrogen and oxygen atoms in total. The highest BCUT2D eigenvalue weighted by Gasteiger charge is 2.23. The van der Waals surface area contributed by atoms with Crippen LogP contribution in [0.1, 0.15) is 16.7 Å². The maximum Gasteiger partial charge on any atom is 0.262 e. The average molecular weight is 346 g/mol. The van der Waals surface area contributed by atoms with Gasteiger partial charge >= 0.3 is 0 Å². The predicted octanol–water partition coefficient (Wildman–Crippen LogP) is 3.24. The third-order valence-corrected chi connectivity index (χ3v) is 5.79. The molecule has 0 aromatic heterocycles. The molecule has 0 unspecified atom stereocenters. The molecule has 0 saturated heterocycles. The van der Waals surface area contributed by atoms with Gasteiger partial charge in [-0.1, -0.05) is 12.1 Å². The van der Waals surface area contributed by atoms with Crippen LogP contribution in [0.3, 0.4) is 0 Å². The second-order valence-corrected chi connectivity index (χ2v) is 7.93. The van der Waals surface area contributed by atoms with Crippen molar-refractivity contribution in [2.75, 3.05) is 29.8 Å². The molecule has 1 heterocycles. The van der Waals surface area contributed by atoms with Crippen molar-refractivity contribution in [3.63, 3.8) is 0 Å². The normalized spacial score (nSPS) is 14.1. The molecule has 0 amide bonds. The van der Waals surface area contributed by atoms with Crippen molar-refractivity contribution in [3.8, 4) is 5.75 Å². The monoisotopic (exact) mass is 346 g/mol. The minimum Gasteiger partial charge on any atom is -0.490 e. The van der Waals surface area contributed by atoms with Crippen LogP contribution in [0.4, 0.5) is 11.4 Å². The van der Waals surface area contributed by atoms with Crippen LogP contribution in [-0.2, 0) is 10.0 Å². The van der Waals surface area contributed by atoms with E-state index < -0.39 is 10.0 Å². The number of likely N-dealkylation sites (N-methyl/N-ethyl adjacent to an activating group) is 1. The Morgan fingerprint density at radius 3 is 2.58 bits per heavy atom. The van der Waals surface area contributed by atoms with Gasteiger partial charge in [0.15, 0.2) is 0 Å². The third kappa shape index (κ3) is 3.06. The van der Waals surface area contributed by atoms with E-state index in [1.807, 2.05) is 45.2 Å². The third-order valence-electron chi connectivity index (χ3n) is 4.28. The van der Waals surface area contributed by atoms with Gasteiger partial charge in [-0.2, -0.15) is 0 Å². The minimum atomic E-state index is -3.68. The lowest BCUT2D eigenvalue weighted by molar-refractivity contribution is 0.310. The Morgan fingerprint density at radius 2 is 1.83 bits per heavy atom. The summed E-state index contributed by atoms with van der Waals surface area (Å²) >= 11 is 0. The molecule has 0 spiro atoms. The summed E-state index contributed by atoms with van der Waals surface area (Å²) in [6, 6.07) is 9.19. The van der Waals surface area contributed by atoms with Gasteiger partial charge in [0, 0.05) is 13.1 Å². The molecule has 1 aliphatic rings. The first-order chi connectivity index (χ1) is 11.3. The summed E-state index contributed by atoms with van der Waals surface area (Å²) in [5.41, 5.74) is 4.11. The number of fused-ring (bicyclic) bond motifs is 1. The molecule has 0 saturated carbocycles. The van der Waals surface area contributed by atoms with Crippen LogP contribution >= 0.6 is 0 Å². The van der Waals surface area contributed by atoms with Gasteiger partial charge in [-0.05, 0) is 49.6 Å². The predicted molar refractivity (Wildman–Crippen MR) is 96.7 cm³/mol. The van der Waals surface area contributed by atoms with E-state index in [4.69, 9.17) is 4.74 Å². The number of hydrogen-bond acceptors (Lipinski definition) is 4. The number of benzene rings is 2. The van der Waals surface area contributed by atoms with Gasteiger partial charge in [0.25, 0.3) is 10.0 Å². The second-order valence-electron chi connectivity index (χ2n) is 6.28. The summed E-state index contributed by atoms with van der Waals surface area (Å²) < 4.78 is 34.1. The van der Waals surface area contributed by atoms with E-state index in [0.717, 1.165) is 23.4 Å². The Labute approximate surface area is 143 Å². The number of hydrogen-bond donors (Lipinski definition) is 1. The molecular weight excluding hydrogens is 324 g/mol. The first kappa shape index (κ1) is 16.6. The van der Waals surface area contributed by atoms with E-state index in [1.165, 1.54) is 0 Å². The Balaban J connectivity index is 2.02. The molecule has 24 heavy (non-hydrogen) atoms. The van der Waals surface area contributed by atoms with E-state index in [1.54, 1.807) is 13.0 Å². The number of rotatable bonds is 3. The summed E-state index contributed by atoms with van der Waals surface area (Å²) in [5.74, 6) is 0.607. The zero-order valence-corrected chi connectivity index (χ0v) is 15.2. The van der Waals surface area contributed by atoms with Crippen molar-refractivity contribution in [1.29, 1.82) is 0 Å². The van der Waals surface area contributed by atoms with E-state index in [2.05, 4.69) is 9.62 Å². The number of ether oxygens (including phenoxy) is 1. The molecule has 0 aliphatic carbocycles. The number of sulfonamides is 1. The lowest BCUT2D eigenvalue weighted by Gasteiger charge is -2.28. The highest BCUT2D eigenvalue weighted by atomic mass is 32.2. The summed E-state index contributed by atoms with van der Waals surface area (Å²) in [4.78, 5) is 2.32. The molecule has 0 radical (unpaired) electrons. The molecule has 1 N–H and O–H groups in total. The van der Waals surface area contributed by atoms with Gasteiger partial charge in [-0.15, -0.1) is 0 Å². The molecule has 2 aromatic rings. The number of nitrogens with one attached hydrogen (secondary N) is 1. The highest BCUT2D eigenvalue weighted by molar-refractivity contribution is 7.92. The number of aryl methyl sites for hydroxylation is 3. The fraction of sp³-hybridized carbons (Fsp3) is 0.333. The maximum atomic E-state index is 12.9. The van der Waals surface area contributed by atoms with Crippen molar-refractivity contribution in [1.82, 2.24) is 0 Å². The van der Waals surface area contributed by atoms with Gasteiger partial charge in [0.05, 0.1) is 22.8 Å². The number of anilines is 2. The van der Waals surface area contributed by atoms with Gasteiger partial charge in [0.2, 0.25) is 0 Å². The molecule has 6 heteroatoms. The minimum absolute atomic E-state index is 0.248. The molecule has 2 aromatic carbocycles. The first-order valence-corrected chi connectivity index (χ1v) is 9.35. The van der Waals surface area contributed by atoms with E-state index in [-0.39, 0.29) is 4.90 Å². The molecule has 0 atom stereocenters. The topological polar surface area (TPSA) is 58.6 Å². The Kier molecular flexibility index (Phi) is 4.17. The van der Waals surface area contributed by atoms with Crippen LogP contribution in [-0.4, -0.2) is 28.6 Å². The Hall–Kier alpha value is -2.21. The van der Waals surface area contributed by atoms with Gasteiger partial charge in [0.1, 0.15) is 12.4 Å². The largest absolute Gasteiger partial charge is 0.490 e. The van der Waals surface area contributed by atoms with Crippen molar-refractivity contribution in [2.45, 2.75) is 25.7 Å². The van der Waals surface area contributed by atoms with Crippen LogP contribution < -0.4 is 14.4 Å². The fourth-order valence-corrected chi connectivity index (χ4v) is 4.18. The fourth-order valence-electron chi connectivity index (χ4n) is 2.82. The van der Waals surface area contributed by atoms with Crippen LogP contribution in [0.5, 0.6) is 5.75 Å². The van der Waals surface area contributed by atoms with E-state index >= 15 is 0 Å². The molecule has 3 rings (SSSR count). The first-order valence-electron chi connectivity index (χ1n) is 7.86. The van der Waals surface area contributed by atoms with Crippen LogP contribution in [0.15, 0.2) is 35.2 Å². The molecular formula is C18H22N2O3S. The summed E-state index contributed by atoms with van der Waals surface area (Å²) in [7, 11) is -1.71. The molecule has 128 valence electrons. The standard InChI is InChI=1S/C18H22N2O3S/c1-12-5-6-13(2)15(9-12)19-24(21,22)18-11-17-16(10-14(18)3)20(4)7-8-23-17/h5-6,9-11,19H,7-8H2,1-4H3. The summed E-state index contributed by atoms with van der Waals surface area (Å²) in [5, 5.41) is 0. The summed E-state index contributed by atoms with van der Waals surface area (Å²) in [6.45, 7) is 6.97. The van der Waals surface area contributed by atoms with Crippen molar-refractivity contribution < 1.29 is 13.2 Å². The smallest absolute Gasteiger partial charge is 0.262 e. The maximum absolute atomic E-state index is 12.9. The van der Waals surface area contributed by atoms with Gasteiger partial charge in [-0.25, -0.2) is 8.42 Å². The zero-order chi connectivity index (χ0) is 17.5. The van der Waals surface area contributed by atoms with Gasteiger partial charge < -0.3 is 9.64 Å². The second kappa shape index (κ2) is 6.02. The Morgan fingerprint density at radius 1 is 1.08 bits per heavy atom. The van der Waals surface area contributed by atoms with Crippen molar-refractivity contribution in [3.05, 3.63) is 47.0 Å². The zero-order valence-electron chi connectivity index (χ0n) is 14.4. The number of nitrogens with zero attached hydrogens (tertiary/aromatic N) is 1. The lowest BCUT2D eigenvalue weighted by Crippen LogP contribution is -2.29. The van der Waals surface area contributed by atoms with Crippen molar-refractivity contribution >= 4 is 21.4 Å². The summed E-state index contributed by atoms with van der Waals surface area (Å²) in [6.07, 6.45) is 0. The SMILES string of the molecule is Cc1ccc(C)c(NS(=O)(=O)c2cc3c(cc2C)N(C)CCO3)c1. The molecule has 0 fully saturated rings. The Bertz CT molecular complexity index is 891. The van der Waals surface area contributed by atoms with Crippen LogP contribution in [0, 0.1) is 20.8 Å². The van der Waals surface area contributed by atoms with Crippen LogP contribution in [0.2, 0.25) is 0 Å². The average Bonchev–Trinajstić information content (AvgIpc) is 2.51. The molecule has 0 bridgehead atoms. The van der Waals surface area contributed by atoms with E-state index in [9.17, 15) is 8.42 Å². The quantitative estimate of drug-likeness (QED) is 0.927. The highest BCUT2D eigenvalue weighted by Crippen LogP contribution is 2.35. The van der Waals surface area contributed by atoms with Crippen LogP contribution in [0.25, 0.3) is 0 Å². The van der Waals surface area contributed by atoms with Crippen molar-refractivity contribution in [2.24, 2.45) is 0 Å².